The summed E-state index contributed by atoms with van der Waals surface area (Å²) in [6.45, 7) is 2.03. The number of carbonyl (C=O) groups is 2. The molecule has 0 spiro atoms. The molecule has 4 nitrogen and oxygen atoms in total. The molecule has 1 aromatic rings. The van der Waals surface area contributed by atoms with Crippen LogP contribution in [0.15, 0.2) is 36.1 Å². The van der Waals surface area contributed by atoms with Gasteiger partial charge < -0.3 is 9.47 Å². The predicted molar refractivity (Wildman–Crippen MR) is 62.5 cm³/mol. The maximum atomic E-state index is 12.7. The summed E-state index contributed by atoms with van der Waals surface area (Å²) in [6, 6.07) is 4.87. The summed E-state index contributed by atoms with van der Waals surface area (Å²) >= 11 is 0. The zero-order valence-corrected chi connectivity index (χ0v) is 10.1. The summed E-state index contributed by atoms with van der Waals surface area (Å²) in [5.74, 6) is -1.83. The zero-order chi connectivity index (χ0) is 13.5. The van der Waals surface area contributed by atoms with Gasteiger partial charge in [0, 0.05) is 5.56 Å². The molecule has 0 aliphatic heterocycles. The minimum atomic E-state index is -0.794. The Morgan fingerprint density at radius 3 is 2.39 bits per heavy atom. The summed E-state index contributed by atoms with van der Waals surface area (Å²) < 4.78 is 22.2. The Labute approximate surface area is 104 Å². The third-order valence-electron chi connectivity index (χ3n) is 2.12. The highest BCUT2D eigenvalue weighted by atomic mass is 19.1. The highest BCUT2D eigenvalue weighted by Gasteiger charge is 2.21. The van der Waals surface area contributed by atoms with E-state index in [2.05, 4.69) is 4.74 Å². The van der Waals surface area contributed by atoms with E-state index in [0.29, 0.717) is 6.61 Å². The van der Waals surface area contributed by atoms with Gasteiger partial charge >= 0.3 is 5.97 Å². The van der Waals surface area contributed by atoms with Gasteiger partial charge in [0.1, 0.15) is 17.7 Å². The van der Waals surface area contributed by atoms with Crippen molar-refractivity contribution in [1.29, 1.82) is 0 Å². The van der Waals surface area contributed by atoms with Crippen LogP contribution in [0.5, 0.6) is 0 Å². The molecule has 96 valence electrons. The highest BCUT2D eigenvalue weighted by molar-refractivity contribution is 6.23. The van der Waals surface area contributed by atoms with E-state index in [4.69, 9.17) is 4.74 Å². The molecule has 0 amide bonds. The molecule has 0 aliphatic rings. The zero-order valence-electron chi connectivity index (χ0n) is 10.1. The Hall–Kier alpha value is -2.17. The van der Waals surface area contributed by atoms with E-state index in [-0.39, 0.29) is 11.1 Å². The van der Waals surface area contributed by atoms with Crippen molar-refractivity contribution in [2.45, 2.75) is 6.92 Å². The first-order chi connectivity index (χ1) is 8.60. The summed E-state index contributed by atoms with van der Waals surface area (Å²) in [5.41, 5.74) is -0.0429. The van der Waals surface area contributed by atoms with Crippen molar-refractivity contribution >= 4 is 11.8 Å². The molecule has 0 saturated carbocycles. The number of Topliss-reactive ketones (excluding diaryl/α,β-unsaturated/α-hetero) is 1. The Balaban J connectivity index is 3.02. The number of ketones is 1. The van der Waals surface area contributed by atoms with E-state index in [0.717, 1.165) is 18.4 Å². The number of carbonyl (C=O) groups excluding carboxylic acids is 2. The molecule has 5 heteroatoms. The van der Waals surface area contributed by atoms with Crippen LogP contribution >= 0.6 is 0 Å². The lowest BCUT2D eigenvalue weighted by Crippen LogP contribution is -2.15. The van der Waals surface area contributed by atoms with Gasteiger partial charge in [-0.25, -0.2) is 9.18 Å². The molecule has 0 radical (unpaired) electrons. The van der Waals surface area contributed by atoms with Crippen LogP contribution in [0.3, 0.4) is 0 Å². The van der Waals surface area contributed by atoms with Crippen molar-refractivity contribution in [2.24, 2.45) is 0 Å². The van der Waals surface area contributed by atoms with E-state index >= 15 is 0 Å². The smallest absolute Gasteiger partial charge is 0.345 e. The van der Waals surface area contributed by atoms with Crippen LogP contribution in [0.4, 0.5) is 4.39 Å². The molecular weight excluding hydrogens is 239 g/mol. The molecule has 0 atom stereocenters. The largest absolute Gasteiger partial charge is 0.500 e. The standard InChI is InChI=1S/C13H13FO4/c1-3-18-8-11(13(16)17-2)12(15)9-4-6-10(14)7-5-9/h4-8H,3H2,1-2H3/b11-8+. The number of hydrogen-bond donors (Lipinski definition) is 0. The van der Waals surface area contributed by atoms with Gasteiger partial charge in [-0.15, -0.1) is 0 Å². The van der Waals surface area contributed by atoms with Crippen LogP contribution in [0.1, 0.15) is 17.3 Å². The first-order valence-corrected chi connectivity index (χ1v) is 5.30. The van der Waals surface area contributed by atoms with Crippen LogP contribution in [0.2, 0.25) is 0 Å². The minimum Gasteiger partial charge on any atom is -0.500 e. The van der Waals surface area contributed by atoms with Crippen molar-refractivity contribution in [3.63, 3.8) is 0 Å². The molecule has 0 unspecified atom stereocenters. The second-order valence-corrected chi connectivity index (χ2v) is 3.31. The summed E-state index contributed by atoms with van der Waals surface area (Å²) in [6.07, 6.45) is 1.05. The lowest BCUT2D eigenvalue weighted by atomic mass is 10.0. The van der Waals surface area contributed by atoms with Crippen molar-refractivity contribution in [3.05, 3.63) is 47.5 Å². The quantitative estimate of drug-likeness (QED) is 0.201. The monoisotopic (exact) mass is 252 g/mol. The Kier molecular flexibility index (Phi) is 5.05. The Morgan fingerprint density at radius 1 is 1.28 bits per heavy atom. The average Bonchev–Trinajstić information content (AvgIpc) is 2.39. The second kappa shape index (κ2) is 6.54. The number of benzene rings is 1. The molecule has 0 bridgehead atoms. The summed E-state index contributed by atoms with van der Waals surface area (Å²) in [7, 11) is 1.17. The van der Waals surface area contributed by atoms with Crippen molar-refractivity contribution < 1.29 is 23.5 Å². The van der Waals surface area contributed by atoms with E-state index in [1.807, 2.05) is 0 Å². The van der Waals surface area contributed by atoms with Gasteiger partial charge in [0.2, 0.25) is 5.78 Å². The number of ether oxygens (including phenoxy) is 2. The highest BCUT2D eigenvalue weighted by Crippen LogP contribution is 2.11. The van der Waals surface area contributed by atoms with E-state index in [1.165, 1.54) is 19.2 Å². The fourth-order valence-corrected chi connectivity index (χ4v) is 1.23. The van der Waals surface area contributed by atoms with Gasteiger partial charge in [-0.1, -0.05) is 0 Å². The molecule has 0 N–H and O–H groups in total. The third-order valence-corrected chi connectivity index (χ3v) is 2.12. The van der Waals surface area contributed by atoms with Crippen LogP contribution < -0.4 is 0 Å². The molecule has 0 aromatic heterocycles. The van der Waals surface area contributed by atoms with Crippen LogP contribution in [-0.4, -0.2) is 25.5 Å². The molecule has 1 aromatic carbocycles. The first-order valence-electron chi connectivity index (χ1n) is 5.30. The third kappa shape index (κ3) is 3.41. The first kappa shape index (κ1) is 13.9. The molecule has 18 heavy (non-hydrogen) atoms. The van der Waals surface area contributed by atoms with Gasteiger partial charge in [-0.3, -0.25) is 4.79 Å². The van der Waals surface area contributed by atoms with Gasteiger partial charge in [0.15, 0.2) is 0 Å². The van der Waals surface area contributed by atoms with E-state index < -0.39 is 17.6 Å². The van der Waals surface area contributed by atoms with Crippen molar-refractivity contribution in [3.8, 4) is 0 Å². The van der Waals surface area contributed by atoms with Crippen LogP contribution in [0.25, 0.3) is 0 Å². The number of hydrogen-bond acceptors (Lipinski definition) is 4. The predicted octanol–water partition coefficient (Wildman–Crippen LogP) is 2.10. The summed E-state index contributed by atoms with van der Waals surface area (Å²) in [4.78, 5) is 23.4. The molecule has 0 aliphatic carbocycles. The lowest BCUT2D eigenvalue weighted by molar-refractivity contribution is -0.135. The van der Waals surface area contributed by atoms with Gasteiger partial charge in [0.05, 0.1) is 13.7 Å². The number of esters is 1. The Morgan fingerprint density at radius 2 is 1.89 bits per heavy atom. The fraction of sp³-hybridized carbons (Fsp3) is 0.231. The van der Waals surface area contributed by atoms with Gasteiger partial charge in [0.25, 0.3) is 0 Å². The molecular formula is C13H13FO4. The Bertz CT molecular complexity index is 462. The number of halogens is 1. The normalized spacial score (nSPS) is 10.9. The van der Waals surface area contributed by atoms with Crippen LogP contribution in [0, 0.1) is 5.82 Å². The van der Waals surface area contributed by atoms with E-state index in [1.54, 1.807) is 6.92 Å². The fourth-order valence-electron chi connectivity index (χ4n) is 1.23. The molecule has 0 saturated heterocycles. The summed E-state index contributed by atoms with van der Waals surface area (Å²) in [5, 5.41) is 0. The topological polar surface area (TPSA) is 52.6 Å². The second-order valence-electron chi connectivity index (χ2n) is 3.31. The molecule has 1 rings (SSSR count). The van der Waals surface area contributed by atoms with Crippen LogP contribution in [-0.2, 0) is 14.3 Å². The maximum Gasteiger partial charge on any atom is 0.345 e. The SMILES string of the molecule is CCO/C=C(/C(=O)OC)C(=O)c1ccc(F)cc1. The van der Waals surface area contributed by atoms with Crippen molar-refractivity contribution in [2.75, 3.05) is 13.7 Å². The minimum absolute atomic E-state index is 0.188. The average molecular weight is 252 g/mol. The number of methoxy groups -OCH3 is 1. The van der Waals surface area contributed by atoms with Crippen molar-refractivity contribution in [1.82, 2.24) is 0 Å². The molecule has 0 heterocycles. The molecule has 0 fully saturated rings. The maximum absolute atomic E-state index is 12.7. The lowest BCUT2D eigenvalue weighted by Gasteiger charge is -2.05. The van der Waals surface area contributed by atoms with Gasteiger partial charge in [-0.05, 0) is 31.2 Å². The van der Waals surface area contributed by atoms with E-state index in [9.17, 15) is 14.0 Å². The van der Waals surface area contributed by atoms with Gasteiger partial charge in [-0.2, -0.15) is 0 Å². The number of rotatable bonds is 5.